The van der Waals surface area contributed by atoms with Crippen LogP contribution in [0.5, 0.6) is 0 Å². The van der Waals surface area contributed by atoms with Crippen LogP contribution >= 0.6 is 0 Å². The molecular weight excluding hydrogens is 96.1 g/mol. The van der Waals surface area contributed by atoms with E-state index in [1.165, 1.54) is 23.7 Å². The molecule has 0 spiro atoms. The maximum atomic E-state index is 1.61. The van der Waals surface area contributed by atoms with E-state index < -0.39 is 0 Å². The normalized spacial score (nSPS) is 66.0. The summed E-state index contributed by atoms with van der Waals surface area (Å²) in [5.41, 5.74) is 0. The lowest BCUT2D eigenvalue weighted by Gasteiger charge is -2.04. The molecule has 4 unspecified atom stereocenters. The molecule has 0 radical (unpaired) electrons. The second kappa shape index (κ2) is 0.984. The molecule has 0 aliphatic heterocycles. The van der Waals surface area contributed by atoms with Crippen molar-refractivity contribution in [3.8, 4) is 0 Å². The van der Waals surface area contributed by atoms with E-state index in [0.29, 0.717) is 0 Å². The SMILES string of the molecule is C1CC2CC2C2CC12. The number of hydrogen-bond acceptors (Lipinski definition) is 0. The van der Waals surface area contributed by atoms with Crippen LogP contribution in [0.25, 0.3) is 0 Å². The first-order valence-electron chi connectivity index (χ1n) is 3.95. The van der Waals surface area contributed by atoms with Crippen molar-refractivity contribution in [3.63, 3.8) is 0 Å². The quantitative estimate of drug-likeness (QED) is 0.445. The molecule has 44 valence electrons. The Kier molecular flexibility index (Phi) is 0.482. The van der Waals surface area contributed by atoms with Crippen molar-refractivity contribution >= 4 is 0 Å². The molecule has 0 saturated heterocycles. The Morgan fingerprint density at radius 1 is 0.750 bits per heavy atom. The minimum atomic E-state index is 1.22. The van der Waals surface area contributed by atoms with Gasteiger partial charge in [-0.3, -0.25) is 0 Å². The largest absolute Gasteiger partial charge is 0.0499 e. The second-order valence-corrected chi connectivity index (χ2v) is 3.90. The maximum Gasteiger partial charge on any atom is -0.0352 e. The summed E-state index contributed by atoms with van der Waals surface area (Å²) in [6.07, 6.45) is 6.40. The van der Waals surface area contributed by atoms with Crippen LogP contribution < -0.4 is 0 Å². The van der Waals surface area contributed by atoms with Gasteiger partial charge in [0.1, 0.15) is 0 Å². The highest BCUT2D eigenvalue weighted by molar-refractivity contribution is 5.06. The van der Waals surface area contributed by atoms with E-state index in [1.807, 2.05) is 0 Å². The molecule has 3 rings (SSSR count). The van der Waals surface area contributed by atoms with Gasteiger partial charge in [0.25, 0.3) is 0 Å². The van der Waals surface area contributed by atoms with Crippen molar-refractivity contribution in [1.82, 2.24) is 0 Å². The first-order chi connectivity index (χ1) is 3.95. The van der Waals surface area contributed by atoms with Crippen LogP contribution in [0.15, 0.2) is 0 Å². The monoisotopic (exact) mass is 108 g/mol. The topological polar surface area (TPSA) is 0 Å². The minimum Gasteiger partial charge on any atom is -0.0499 e. The summed E-state index contributed by atoms with van der Waals surface area (Å²) < 4.78 is 0. The van der Waals surface area contributed by atoms with Crippen molar-refractivity contribution in [1.29, 1.82) is 0 Å². The van der Waals surface area contributed by atoms with Gasteiger partial charge in [-0.1, -0.05) is 0 Å². The van der Waals surface area contributed by atoms with Crippen LogP contribution in [0.1, 0.15) is 25.7 Å². The highest BCUT2D eigenvalue weighted by Gasteiger charge is 2.56. The van der Waals surface area contributed by atoms with Gasteiger partial charge in [-0.25, -0.2) is 0 Å². The molecule has 0 heteroatoms. The Morgan fingerprint density at radius 2 is 1.25 bits per heavy atom. The molecule has 0 heterocycles. The molecule has 0 amide bonds. The van der Waals surface area contributed by atoms with Crippen molar-refractivity contribution in [2.24, 2.45) is 23.7 Å². The van der Waals surface area contributed by atoms with Gasteiger partial charge in [0.05, 0.1) is 0 Å². The third kappa shape index (κ3) is 0.340. The van der Waals surface area contributed by atoms with E-state index in [0.717, 1.165) is 0 Å². The Labute approximate surface area is 50.3 Å². The number of fused-ring (bicyclic) bond motifs is 3. The molecule has 0 bridgehead atoms. The Morgan fingerprint density at radius 3 is 1.75 bits per heavy atom. The molecule has 0 aromatic rings. The third-order valence-electron chi connectivity index (χ3n) is 3.41. The van der Waals surface area contributed by atoms with Crippen molar-refractivity contribution in [2.45, 2.75) is 25.7 Å². The average Bonchev–Trinajstić information content (AvgIpc) is 2.59. The molecule has 0 aromatic heterocycles. The zero-order valence-corrected chi connectivity index (χ0v) is 5.14. The van der Waals surface area contributed by atoms with Crippen LogP contribution in [-0.4, -0.2) is 0 Å². The molecule has 3 aliphatic carbocycles. The highest BCUT2D eigenvalue weighted by atomic mass is 14.6. The van der Waals surface area contributed by atoms with Gasteiger partial charge in [-0.05, 0) is 49.4 Å². The van der Waals surface area contributed by atoms with Gasteiger partial charge in [-0.15, -0.1) is 0 Å². The predicted octanol–water partition coefficient (Wildman–Crippen LogP) is 2.05. The average molecular weight is 108 g/mol. The smallest absolute Gasteiger partial charge is 0.0352 e. The summed E-state index contributed by atoms with van der Waals surface area (Å²) in [5.74, 6) is 4.93. The first kappa shape index (κ1) is 3.92. The van der Waals surface area contributed by atoms with Gasteiger partial charge in [-0.2, -0.15) is 0 Å². The van der Waals surface area contributed by atoms with Gasteiger partial charge >= 0.3 is 0 Å². The lowest BCUT2D eigenvalue weighted by Crippen LogP contribution is -1.96. The molecule has 0 aromatic carbocycles. The van der Waals surface area contributed by atoms with Crippen LogP contribution in [0.3, 0.4) is 0 Å². The zero-order valence-electron chi connectivity index (χ0n) is 5.14. The Hall–Kier alpha value is 0. The van der Waals surface area contributed by atoms with Crippen LogP contribution in [0.2, 0.25) is 0 Å². The summed E-state index contributed by atoms with van der Waals surface area (Å²) in [4.78, 5) is 0. The molecule has 0 N–H and O–H groups in total. The Balaban J connectivity index is 1.89. The van der Waals surface area contributed by atoms with E-state index in [1.54, 1.807) is 25.7 Å². The van der Waals surface area contributed by atoms with Crippen LogP contribution in [0.4, 0.5) is 0 Å². The van der Waals surface area contributed by atoms with Crippen molar-refractivity contribution < 1.29 is 0 Å². The van der Waals surface area contributed by atoms with Gasteiger partial charge in [0, 0.05) is 0 Å². The summed E-state index contributed by atoms with van der Waals surface area (Å²) in [6.45, 7) is 0. The molecule has 8 heavy (non-hydrogen) atoms. The molecule has 3 saturated carbocycles. The molecule has 3 fully saturated rings. The summed E-state index contributed by atoms with van der Waals surface area (Å²) in [5, 5.41) is 0. The van der Waals surface area contributed by atoms with Crippen LogP contribution in [-0.2, 0) is 0 Å². The minimum absolute atomic E-state index is 1.22. The maximum absolute atomic E-state index is 1.61. The van der Waals surface area contributed by atoms with Gasteiger partial charge < -0.3 is 0 Å². The van der Waals surface area contributed by atoms with Crippen molar-refractivity contribution in [2.75, 3.05) is 0 Å². The fraction of sp³-hybridized carbons (Fsp3) is 1.00. The summed E-state index contributed by atoms with van der Waals surface area (Å²) in [6, 6.07) is 0. The van der Waals surface area contributed by atoms with E-state index in [9.17, 15) is 0 Å². The number of hydrogen-bond donors (Lipinski definition) is 0. The molecule has 3 aliphatic rings. The molecule has 4 atom stereocenters. The van der Waals surface area contributed by atoms with E-state index >= 15 is 0 Å². The van der Waals surface area contributed by atoms with Gasteiger partial charge in [0.2, 0.25) is 0 Å². The fourth-order valence-electron chi connectivity index (χ4n) is 2.68. The van der Waals surface area contributed by atoms with E-state index in [-0.39, 0.29) is 0 Å². The van der Waals surface area contributed by atoms with Crippen LogP contribution in [0, 0.1) is 23.7 Å². The standard InChI is InChI=1S/C8H12/c1-2-6-4-8(6)7-3-5(1)7/h5-8H,1-4H2. The highest BCUT2D eigenvalue weighted by Crippen LogP contribution is 2.65. The lowest BCUT2D eigenvalue weighted by molar-refractivity contribution is 0.456. The van der Waals surface area contributed by atoms with Crippen molar-refractivity contribution in [3.05, 3.63) is 0 Å². The molecule has 0 nitrogen and oxygen atoms in total. The van der Waals surface area contributed by atoms with E-state index in [4.69, 9.17) is 0 Å². The summed E-state index contributed by atoms with van der Waals surface area (Å²) in [7, 11) is 0. The first-order valence-corrected chi connectivity index (χ1v) is 3.95. The third-order valence-corrected chi connectivity index (χ3v) is 3.41. The summed E-state index contributed by atoms with van der Waals surface area (Å²) >= 11 is 0. The molecular formula is C8H12. The van der Waals surface area contributed by atoms with Gasteiger partial charge in [0.15, 0.2) is 0 Å². The fourth-order valence-corrected chi connectivity index (χ4v) is 2.68. The second-order valence-electron chi connectivity index (χ2n) is 3.90. The predicted molar refractivity (Wildman–Crippen MR) is 32.4 cm³/mol. The van der Waals surface area contributed by atoms with E-state index in [2.05, 4.69) is 0 Å². The lowest BCUT2D eigenvalue weighted by atomic mass is 10.0. The Bertz CT molecular complexity index is 112. The zero-order chi connectivity index (χ0) is 5.14. The number of rotatable bonds is 0.